The highest BCUT2D eigenvalue weighted by atomic mass is 16.5. The minimum absolute atomic E-state index is 0.0264. The van der Waals surface area contributed by atoms with E-state index in [1.807, 2.05) is 19.2 Å². The molecular formula is C26H25N9O4. The molecule has 198 valence electrons. The van der Waals surface area contributed by atoms with Gasteiger partial charge in [-0.05, 0) is 36.8 Å². The van der Waals surface area contributed by atoms with Crippen molar-refractivity contribution in [3.8, 4) is 29.5 Å². The van der Waals surface area contributed by atoms with Crippen LogP contribution in [0, 0.1) is 22.8 Å². The molecule has 1 amide bonds. The van der Waals surface area contributed by atoms with Gasteiger partial charge >= 0.3 is 0 Å². The number of anilines is 4. The van der Waals surface area contributed by atoms with Gasteiger partial charge < -0.3 is 36.3 Å². The Hall–Kier alpha value is -5.69. The number of carbonyl (C=O) groups is 1. The number of nitrogens with two attached hydrogens (primary N) is 2. The first-order valence-electron chi connectivity index (χ1n) is 11.7. The van der Waals surface area contributed by atoms with Gasteiger partial charge in [0.25, 0.3) is 5.91 Å². The summed E-state index contributed by atoms with van der Waals surface area (Å²) in [4.78, 5) is 21.3. The number of carbonyl (C=O) groups excluding carboxylic acids is 1. The van der Waals surface area contributed by atoms with Gasteiger partial charge in [-0.25, -0.2) is 9.98 Å². The van der Waals surface area contributed by atoms with E-state index in [9.17, 15) is 10.1 Å². The van der Waals surface area contributed by atoms with Gasteiger partial charge in [-0.1, -0.05) is 18.2 Å². The van der Waals surface area contributed by atoms with Crippen LogP contribution in [0.5, 0.6) is 17.2 Å². The summed E-state index contributed by atoms with van der Waals surface area (Å²) in [6.45, 7) is 1.84. The molecule has 2 heterocycles. The molecule has 1 aliphatic rings. The fourth-order valence-electron chi connectivity index (χ4n) is 3.98. The third-order valence-corrected chi connectivity index (χ3v) is 5.68. The minimum Gasteiger partial charge on any atom is -0.495 e. The number of amides is 1. The molecule has 13 nitrogen and oxygen atoms in total. The number of nitrogens with one attached hydrogen (secondary N) is 3. The van der Waals surface area contributed by atoms with Crippen LogP contribution >= 0.6 is 0 Å². The van der Waals surface area contributed by atoms with Gasteiger partial charge in [-0.2, -0.15) is 10.5 Å². The van der Waals surface area contributed by atoms with E-state index in [0.29, 0.717) is 40.7 Å². The average molecular weight is 528 g/mol. The van der Waals surface area contributed by atoms with Gasteiger partial charge in [0, 0.05) is 5.56 Å². The van der Waals surface area contributed by atoms with Crippen LogP contribution in [0.15, 0.2) is 47.5 Å². The van der Waals surface area contributed by atoms with Crippen LogP contribution < -0.4 is 41.6 Å². The Morgan fingerprint density at radius 1 is 1.13 bits per heavy atom. The number of pyridine rings is 1. The van der Waals surface area contributed by atoms with Gasteiger partial charge in [-0.15, -0.1) is 0 Å². The van der Waals surface area contributed by atoms with Crippen molar-refractivity contribution in [2.24, 2.45) is 4.99 Å². The van der Waals surface area contributed by atoms with Crippen LogP contribution in [0.4, 0.5) is 23.0 Å². The fraction of sp³-hybridized carbons (Fsp3) is 0.192. The number of rotatable bonds is 8. The molecular weight excluding hydrogens is 502 g/mol. The number of hydrogen-bond acceptors (Lipinski definition) is 12. The third kappa shape index (κ3) is 5.52. The summed E-state index contributed by atoms with van der Waals surface area (Å²) >= 11 is 0. The van der Waals surface area contributed by atoms with E-state index >= 15 is 0 Å². The molecule has 0 saturated heterocycles. The van der Waals surface area contributed by atoms with Crippen molar-refractivity contribution in [3.63, 3.8) is 0 Å². The first-order valence-corrected chi connectivity index (χ1v) is 11.7. The van der Waals surface area contributed by atoms with Crippen LogP contribution in [0.25, 0.3) is 0 Å². The lowest BCUT2D eigenvalue weighted by molar-refractivity contribution is -0.118. The highest BCUT2D eigenvalue weighted by Crippen LogP contribution is 2.42. The Balaban J connectivity index is 1.64. The average Bonchev–Trinajstić information content (AvgIpc) is 2.92. The van der Waals surface area contributed by atoms with Crippen molar-refractivity contribution in [2.45, 2.75) is 13.0 Å². The molecule has 1 aliphatic heterocycles. The van der Waals surface area contributed by atoms with E-state index in [4.69, 9.17) is 30.9 Å². The summed E-state index contributed by atoms with van der Waals surface area (Å²) in [6, 6.07) is 13.3. The number of benzene rings is 2. The number of aromatic nitrogens is 1. The van der Waals surface area contributed by atoms with Gasteiger partial charge in [-0.3, -0.25) is 10.1 Å². The van der Waals surface area contributed by atoms with E-state index in [-0.39, 0.29) is 35.5 Å². The number of aliphatic imine (C=N–C) groups is 1. The third-order valence-electron chi connectivity index (χ3n) is 5.68. The molecule has 0 saturated carbocycles. The first-order chi connectivity index (χ1) is 18.9. The summed E-state index contributed by atoms with van der Waals surface area (Å²) in [6.07, 6.45) is 1.81. The van der Waals surface area contributed by atoms with Crippen LogP contribution in [0.2, 0.25) is 0 Å². The highest BCUT2D eigenvalue weighted by molar-refractivity contribution is 5.98. The second kappa shape index (κ2) is 11.6. The summed E-state index contributed by atoms with van der Waals surface area (Å²) in [5.41, 5.74) is 13.9. The summed E-state index contributed by atoms with van der Waals surface area (Å²) in [5, 5.41) is 26.7. The van der Waals surface area contributed by atoms with E-state index < -0.39 is 11.9 Å². The zero-order valence-corrected chi connectivity index (χ0v) is 21.1. The minimum atomic E-state index is -0.764. The lowest BCUT2D eigenvalue weighted by atomic mass is 9.95. The Kier molecular flexibility index (Phi) is 7.83. The largest absolute Gasteiger partial charge is 0.495 e. The molecule has 13 heteroatoms. The zero-order chi connectivity index (χ0) is 27.9. The number of para-hydroxylation sites is 2. The summed E-state index contributed by atoms with van der Waals surface area (Å²) < 4.78 is 16.8. The highest BCUT2D eigenvalue weighted by Gasteiger charge is 2.30. The van der Waals surface area contributed by atoms with Gasteiger partial charge in [0.1, 0.15) is 35.1 Å². The van der Waals surface area contributed by atoms with Crippen LogP contribution in [-0.4, -0.2) is 37.2 Å². The Morgan fingerprint density at radius 2 is 1.92 bits per heavy atom. The molecule has 3 aromatic rings. The molecule has 0 spiro atoms. The first kappa shape index (κ1) is 26.4. The molecule has 39 heavy (non-hydrogen) atoms. The SMILES string of the molecule is CCOc1cc(C2N=C(NC#N)Nc3nc(N)c(C#N)c(N)c32)ccc1OCC(=O)Nc1ccccc1OC. The number of guanidine groups is 1. The Labute approximate surface area is 224 Å². The second-order valence-corrected chi connectivity index (χ2v) is 8.08. The molecule has 2 aromatic carbocycles. The number of hydrogen-bond donors (Lipinski definition) is 5. The van der Waals surface area contributed by atoms with Crippen molar-refractivity contribution in [1.82, 2.24) is 10.3 Å². The number of nitrogens with zero attached hydrogens (tertiary/aromatic N) is 4. The normalized spacial score (nSPS) is 13.4. The number of methoxy groups -OCH3 is 1. The number of fused-ring (bicyclic) bond motifs is 1. The molecule has 4 rings (SSSR count). The molecule has 1 atom stereocenters. The molecule has 0 radical (unpaired) electrons. The second-order valence-electron chi connectivity index (χ2n) is 8.08. The van der Waals surface area contributed by atoms with E-state index in [0.717, 1.165) is 0 Å². The van der Waals surface area contributed by atoms with E-state index in [2.05, 4.69) is 25.9 Å². The van der Waals surface area contributed by atoms with Crippen LogP contribution in [0.3, 0.4) is 0 Å². The molecule has 1 unspecified atom stereocenters. The van der Waals surface area contributed by atoms with Crippen molar-refractivity contribution >= 4 is 34.9 Å². The maximum Gasteiger partial charge on any atom is 0.262 e. The van der Waals surface area contributed by atoms with Crippen LogP contribution in [0.1, 0.15) is 29.7 Å². The Morgan fingerprint density at radius 3 is 2.64 bits per heavy atom. The monoisotopic (exact) mass is 527 g/mol. The van der Waals surface area contributed by atoms with Crippen molar-refractivity contribution in [1.29, 1.82) is 10.5 Å². The fourth-order valence-corrected chi connectivity index (χ4v) is 3.98. The number of nitriles is 2. The predicted octanol–water partition coefficient (Wildman–Crippen LogP) is 2.48. The Bertz CT molecular complexity index is 1530. The number of nitrogen functional groups attached to an aromatic ring is 2. The van der Waals surface area contributed by atoms with Crippen molar-refractivity contribution in [2.75, 3.05) is 42.4 Å². The zero-order valence-electron chi connectivity index (χ0n) is 21.1. The van der Waals surface area contributed by atoms with Crippen LogP contribution in [-0.2, 0) is 4.79 Å². The maximum atomic E-state index is 12.5. The molecule has 0 aliphatic carbocycles. The molecule has 1 aromatic heterocycles. The quantitative estimate of drug-likeness (QED) is 0.212. The topological polar surface area (TPSA) is 206 Å². The smallest absolute Gasteiger partial charge is 0.262 e. The summed E-state index contributed by atoms with van der Waals surface area (Å²) in [5.74, 6) is 1.13. The van der Waals surface area contributed by atoms with Gasteiger partial charge in [0.15, 0.2) is 24.3 Å². The lowest BCUT2D eigenvalue weighted by Gasteiger charge is -2.26. The van der Waals surface area contributed by atoms with Gasteiger partial charge in [0.2, 0.25) is 5.96 Å². The van der Waals surface area contributed by atoms with E-state index in [1.165, 1.54) is 7.11 Å². The van der Waals surface area contributed by atoms with E-state index in [1.54, 1.807) is 42.5 Å². The molecule has 0 bridgehead atoms. The van der Waals surface area contributed by atoms with Gasteiger partial charge in [0.05, 0.1) is 25.1 Å². The lowest BCUT2D eigenvalue weighted by Crippen LogP contribution is -2.32. The standard InChI is InChI=1S/C26H25N9O4/c1-3-38-19-10-14(8-9-18(19)39-12-20(36)32-16-6-4-5-7-17(16)37-2)23-21-22(29)15(11-27)24(30)34-25(21)35-26(33-23)31-13-28/h4-10,23H,3,12H2,1-2H3,(H,32,36)(H6,29,30,31,33,34,35). The number of ether oxygens (including phenoxy) is 3. The van der Waals surface area contributed by atoms with Crippen molar-refractivity contribution in [3.05, 3.63) is 59.2 Å². The predicted molar refractivity (Wildman–Crippen MR) is 144 cm³/mol. The molecule has 0 fully saturated rings. The van der Waals surface area contributed by atoms with Crippen molar-refractivity contribution < 1.29 is 19.0 Å². The maximum absolute atomic E-state index is 12.5. The summed E-state index contributed by atoms with van der Waals surface area (Å²) in [7, 11) is 1.52. The molecule has 7 N–H and O–H groups in total.